The summed E-state index contributed by atoms with van der Waals surface area (Å²) in [6, 6.07) is 2.17. The van der Waals surface area contributed by atoms with Gasteiger partial charge in [-0.1, -0.05) is 12.2 Å². The van der Waals surface area contributed by atoms with E-state index in [0.29, 0.717) is 6.42 Å². The van der Waals surface area contributed by atoms with Crippen LogP contribution in [-0.4, -0.2) is 56.5 Å². The second-order valence-electron chi connectivity index (χ2n) is 8.06. The third-order valence-corrected chi connectivity index (χ3v) is 6.11. The topological polar surface area (TPSA) is 54.0 Å². The van der Waals surface area contributed by atoms with Gasteiger partial charge in [0.1, 0.15) is 6.10 Å². The van der Waals surface area contributed by atoms with Crippen LogP contribution in [0.15, 0.2) is 18.2 Å². The van der Waals surface area contributed by atoms with Gasteiger partial charge < -0.3 is 24.8 Å². The maximum Gasteiger partial charge on any atom is 0.166 e. The van der Waals surface area contributed by atoms with Gasteiger partial charge in [-0.25, -0.2) is 0 Å². The third-order valence-electron chi connectivity index (χ3n) is 6.11. The lowest BCUT2D eigenvalue weighted by atomic mass is 9.68. The molecule has 0 radical (unpaired) electrons. The molecule has 1 aromatic rings. The van der Waals surface area contributed by atoms with Gasteiger partial charge in [0, 0.05) is 18.5 Å². The molecule has 26 heavy (non-hydrogen) atoms. The van der Waals surface area contributed by atoms with Crippen molar-refractivity contribution in [1.82, 2.24) is 10.2 Å². The molecule has 2 aliphatic heterocycles. The van der Waals surface area contributed by atoms with Crippen molar-refractivity contribution >= 4 is 0 Å². The zero-order valence-corrected chi connectivity index (χ0v) is 16.0. The van der Waals surface area contributed by atoms with E-state index in [4.69, 9.17) is 9.47 Å². The zero-order valence-electron chi connectivity index (χ0n) is 16.0. The molecule has 5 heteroatoms. The van der Waals surface area contributed by atoms with Crippen LogP contribution in [0.5, 0.6) is 11.5 Å². The van der Waals surface area contributed by atoms with Gasteiger partial charge in [0.05, 0.1) is 18.6 Å². The highest BCUT2D eigenvalue weighted by atomic mass is 16.5. The summed E-state index contributed by atoms with van der Waals surface area (Å²) >= 11 is 0. The Hall–Kier alpha value is -1.56. The number of hydrogen-bond acceptors (Lipinski definition) is 5. The lowest BCUT2D eigenvalue weighted by molar-refractivity contribution is 0.0851. The van der Waals surface area contributed by atoms with Crippen molar-refractivity contribution in [2.75, 3.05) is 34.3 Å². The summed E-state index contributed by atoms with van der Waals surface area (Å²) in [6.45, 7) is 2.90. The second kappa shape index (κ2) is 6.87. The average molecular weight is 358 g/mol. The molecule has 0 aromatic heterocycles. The highest BCUT2D eigenvalue weighted by molar-refractivity contribution is 5.63. The molecule has 2 N–H and O–H groups in total. The Morgan fingerprint density at radius 1 is 1.42 bits per heavy atom. The maximum absolute atomic E-state index is 10.1. The number of hydrogen-bond donors (Lipinski definition) is 2. The number of aliphatic hydroxyl groups excluding tert-OH is 1. The van der Waals surface area contributed by atoms with E-state index < -0.39 is 6.10 Å². The molecular weight excluding hydrogens is 328 g/mol. The van der Waals surface area contributed by atoms with E-state index in [1.165, 1.54) is 16.7 Å². The molecule has 1 aliphatic carbocycles. The summed E-state index contributed by atoms with van der Waals surface area (Å²) in [5, 5.41) is 13.7. The van der Waals surface area contributed by atoms with Crippen LogP contribution >= 0.6 is 0 Å². The molecule has 1 aromatic carbocycles. The Balaban J connectivity index is 1.82. The molecule has 3 aliphatic rings. The standard InChI is InChI=1S/C21H30N2O3/c1-23(2)10-4-5-14-11-17(25-3)20-19-16(14)13-22-9-8-21(19)7-6-15(24)12-18(21)26-20/h6-7,11,15,18,22,24H,4-5,8-10,12-13H2,1-3H3/t15-,18-,21-/m1/s1. The molecule has 5 nitrogen and oxygen atoms in total. The predicted molar refractivity (Wildman–Crippen MR) is 102 cm³/mol. The van der Waals surface area contributed by atoms with Crippen LogP contribution < -0.4 is 14.8 Å². The molecule has 0 fully saturated rings. The smallest absolute Gasteiger partial charge is 0.166 e. The van der Waals surface area contributed by atoms with Crippen LogP contribution in [0.1, 0.15) is 36.0 Å². The van der Waals surface area contributed by atoms with Crippen LogP contribution in [0.3, 0.4) is 0 Å². The van der Waals surface area contributed by atoms with E-state index in [1.807, 2.05) is 6.08 Å². The molecule has 2 heterocycles. The molecule has 0 bridgehead atoms. The number of nitrogens with zero attached hydrogens (tertiary/aromatic N) is 1. The van der Waals surface area contributed by atoms with Crippen LogP contribution in [0.4, 0.5) is 0 Å². The normalized spacial score (nSPS) is 29.1. The van der Waals surface area contributed by atoms with Gasteiger partial charge in [-0.2, -0.15) is 0 Å². The first-order valence-electron chi connectivity index (χ1n) is 9.68. The van der Waals surface area contributed by atoms with Crippen molar-refractivity contribution < 1.29 is 14.6 Å². The Kier molecular flexibility index (Phi) is 4.71. The Morgan fingerprint density at radius 3 is 3.04 bits per heavy atom. The van der Waals surface area contributed by atoms with Crippen LogP contribution in [0.2, 0.25) is 0 Å². The number of aryl methyl sites for hydroxylation is 1. The minimum absolute atomic E-state index is 0.0120. The number of methoxy groups -OCH3 is 1. The molecule has 3 atom stereocenters. The highest BCUT2D eigenvalue weighted by Gasteiger charge is 2.52. The molecular formula is C21H30N2O3. The van der Waals surface area contributed by atoms with E-state index >= 15 is 0 Å². The van der Waals surface area contributed by atoms with Gasteiger partial charge in [-0.3, -0.25) is 0 Å². The SMILES string of the molecule is COc1cc(CCCN(C)C)c2c3c1O[C@@H]1C[C@H](O)C=C[C@]31CCNC2. The van der Waals surface area contributed by atoms with E-state index in [9.17, 15) is 5.11 Å². The summed E-state index contributed by atoms with van der Waals surface area (Å²) in [6.07, 6.45) is 7.51. The second-order valence-corrected chi connectivity index (χ2v) is 8.06. The first kappa shape index (κ1) is 17.8. The van der Waals surface area contributed by atoms with Crippen molar-refractivity contribution in [3.8, 4) is 11.5 Å². The van der Waals surface area contributed by atoms with Crippen LogP contribution in [0, 0.1) is 0 Å². The van der Waals surface area contributed by atoms with Gasteiger partial charge in [0.25, 0.3) is 0 Å². The van der Waals surface area contributed by atoms with Gasteiger partial charge in [0.15, 0.2) is 11.5 Å². The molecule has 0 saturated heterocycles. The summed E-state index contributed by atoms with van der Waals surface area (Å²) in [7, 11) is 5.95. The van der Waals surface area contributed by atoms with Crippen LogP contribution in [-0.2, 0) is 18.4 Å². The van der Waals surface area contributed by atoms with E-state index in [1.54, 1.807) is 7.11 Å². The number of nitrogens with one attached hydrogen (secondary N) is 1. The minimum atomic E-state index is -0.426. The molecule has 0 unspecified atom stereocenters. The fourth-order valence-electron chi connectivity index (χ4n) is 4.82. The number of aliphatic hydroxyl groups is 1. The van der Waals surface area contributed by atoms with Gasteiger partial charge >= 0.3 is 0 Å². The fraction of sp³-hybridized carbons (Fsp3) is 0.619. The third kappa shape index (κ3) is 2.82. The van der Waals surface area contributed by atoms with Crippen molar-refractivity contribution in [2.45, 2.75) is 49.9 Å². The molecule has 1 spiro atoms. The van der Waals surface area contributed by atoms with E-state index in [0.717, 1.165) is 50.4 Å². The van der Waals surface area contributed by atoms with Crippen molar-refractivity contribution in [1.29, 1.82) is 0 Å². The maximum atomic E-state index is 10.1. The molecule has 0 amide bonds. The van der Waals surface area contributed by atoms with Gasteiger partial charge in [-0.15, -0.1) is 0 Å². The lowest BCUT2D eigenvalue weighted by Crippen LogP contribution is -2.42. The minimum Gasteiger partial charge on any atom is -0.493 e. The predicted octanol–water partition coefficient (Wildman–Crippen LogP) is 2.00. The molecule has 142 valence electrons. The number of benzene rings is 1. The summed E-state index contributed by atoms with van der Waals surface area (Å²) in [5.41, 5.74) is 3.90. The van der Waals surface area contributed by atoms with E-state index in [-0.39, 0.29) is 11.5 Å². The van der Waals surface area contributed by atoms with E-state index in [2.05, 4.69) is 36.5 Å². The fourth-order valence-corrected chi connectivity index (χ4v) is 4.82. The lowest BCUT2D eigenvalue weighted by Gasteiger charge is -2.35. The first-order valence-corrected chi connectivity index (χ1v) is 9.68. The van der Waals surface area contributed by atoms with Gasteiger partial charge in [-0.05, 0) is 63.6 Å². The largest absolute Gasteiger partial charge is 0.493 e. The van der Waals surface area contributed by atoms with Crippen molar-refractivity contribution in [2.24, 2.45) is 0 Å². The Bertz CT molecular complexity index is 716. The highest BCUT2D eigenvalue weighted by Crippen LogP contribution is 2.56. The van der Waals surface area contributed by atoms with Crippen molar-refractivity contribution in [3.63, 3.8) is 0 Å². The summed E-state index contributed by atoms with van der Waals surface area (Å²) < 4.78 is 12.1. The Morgan fingerprint density at radius 2 is 2.27 bits per heavy atom. The van der Waals surface area contributed by atoms with Crippen molar-refractivity contribution in [3.05, 3.63) is 34.9 Å². The summed E-state index contributed by atoms with van der Waals surface area (Å²) in [4.78, 5) is 2.23. The average Bonchev–Trinajstić information content (AvgIpc) is 2.80. The number of rotatable bonds is 5. The first-order chi connectivity index (χ1) is 12.5. The van der Waals surface area contributed by atoms with Crippen LogP contribution in [0.25, 0.3) is 0 Å². The quantitative estimate of drug-likeness (QED) is 0.789. The Labute approximate surface area is 156 Å². The molecule has 0 saturated carbocycles. The zero-order chi connectivity index (χ0) is 18.3. The summed E-state index contributed by atoms with van der Waals surface area (Å²) in [5.74, 6) is 1.73. The molecule has 4 rings (SSSR count). The monoisotopic (exact) mass is 358 g/mol. The van der Waals surface area contributed by atoms with Gasteiger partial charge in [0.2, 0.25) is 0 Å². The number of ether oxygens (including phenoxy) is 2.